The van der Waals surface area contributed by atoms with Crippen molar-refractivity contribution in [3.05, 3.63) is 33.7 Å². The summed E-state index contributed by atoms with van der Waals surface area (Å²) < 4.78 is 18.1. The molecule has 0 atom stereocenters. The van der Waals surface area contributed by atoms with E-state index in [0.717, 1.165) is 28.7 Å². The Morgan fingerprint density at radius 3 is 2.89 bits per heavy atom. The molecule has 0 radical (unpaired) electrons. The molecule has 2 heterocycles. The van der Waals surface area contributed by atoms with E-state index in [1.165, 1.54) is 5.57 Å². The van der Waals surface area contributed by atoms with Crippen molar-refractivity contribution in [3.8, 4) is 5.75 Å². The zero-order chi connectivity index (χ0) is 13.1. The number of aromatic nitrogens is 1. The minimum atomic E-state index is -0.341. The third-order valence-corrected chi connectivity index (χ3v) is 4.29. The second kappa shape index (κ2) is 5.76. The third kappa shape index (κ3) is 3.09. The van der Waals surface area contributed by atoms with Gasteiger partial charge in [0, 0.05) is 19.0 Å². The van der Waals surface area contributed by atoms with Crippen LogP contribution in [0.2, 0.25) is 0 Å². The van der Waals surface area contributed by atoms with Gasteiger partial charge in [-0.25, -0.2) is 4.98 Å². The van der Waals surface area contributed by atoms with Crippen molar-refractivity contribution in [1.29, 1.82) is 0 Å². The van der Waals surface area contributed by atoms with Gasteiger partial charge in [0.05, 0.1) is 13.2 Å². The van der Waals surface area contributed by atoms with E-state index in [1.807, 2.05) is 12.1 Å². The maximum atomic E-state index is 5.81. The maximum absolute atomic E-state index is 5.81. The largest absolute Gasteiger partial charge is 0.486 e. The molecule has 1 aliphatic heterocycles. The summed E-state index contributed by atoms with van der Waals surface area (Å²) >= 11 is 2.18. The third-order valence-electron chi connectivity index (χ3n) is 3.48. The summed E-state index contributed by atoms with van der Waals surface area (Å²) in [4.78, 5) is 4.20. The van der Waals surface area contributed by atoms with E-state index in [1.54, 1.807) is 6.20 Å². The van der Waals surface area contributed by atoms with Gasteiger partial charge in [0.25, 0.3) is 0 Å². The van der Waals surface area contributed by atoms with Crippen molar-refractivity contribution in [2.45, 2.75) is 25.0 Å². The summed E-state index contributed by atoms with van der Waals surface area (Å²) in [6, 6.07) is 3.84. The van der Waals surface area contributed by atoms with Crippen LogP contribution in [-0.2, 0) is 9.47 Å². The van der Waals surface area contributed by atoms with Crippen LogP contribution in [0.4, 0.5) is 0 Å². The zero-order valence-electron chi connectivity index (χ0n) is 10.6. The van der Waals surface area contributed by atoms with E-state index in [0.29, 0.717) is 19.8 Å². The molecule has 0 saturated carbocycles. The quantitative estimate of drug-likeness (QED) is 0.464. The predicted molar refractivity (Wildman–Crippen MR) is 79.0 cm³/mol. The first-order valence-electron chi connectivity index (χ1n) is 6.47. The van der Waals surface area contributed by atoms with E-state index in [-0.39, 0.29) is 5.79 Å². The van der Waals surface area contributed by atoms with Crippen LogP contribution in [0.25, 0.3) is 0 Å². The van der Waals surface area contributed by atoms with Gasteiger partial charge in [0.1, 0.15) is 10.3 Å². The molecule has 5 heteroatoms. The minimum absolute atomic E-state index is 0.341. The highest BCUT2D eigenvalue weighted by molar-refractivity contribution is 14.1. The summed E-state index contributed by atoms with van der Waals surface area (Å²) in [7, 11) is 0. The topological polar surface area (TPSA) is 40.6 Å². The molecule has 0 amide bonds. The van der Waals surface area contributed by atoms with Gasteiger partial charge in [-0.05, 0) is 46.7 Å². The Morgan fingerprint density at radius 2 is 2.21 bits per heavy atom. The standard InChI is InChI=1S/C14H16INO3/c15-13-12(2-1-7-16-13)17-10-11-3-5-14(6-4-11)18-8-9-19-14/h1-3,7H,4-6,8-10H2. The predicted octanol–water partition coefficient (Wildman–Crippen LogP) is 2.92. The van der Waals surface area contributed by atoms with Crippen molar-refractivity contribution >= 4 is 22.6 Å². The number of hydrogen-bond acceptors (Lipinski definition) is 4. The van der Waals surface area contributed by atoms with Crippen LogP contribution >= 0.6 is 22.6 Å². The lowest BCUT2D eigenvalue weighted by molar-refractivity contribution is -0.161. The van der Waals surface area contributed by atoms with Crippen molar-refractivity contribution in [2.75, 3.05) is 19.8 Å². The molecule has 4 nitrogen and oxygen atoms in total. The number of pyridine rings is 1. The van der Waals surface area contributed by atoms with Crippen LogP contribution in [0, 0.1) is 3.70 Å². The van der Waals surface area contributed by atoms with Crippen LogP contribution in [0.5, 0.6) is 5.75 Å². The van der Waals surface area contributed by atoms with Crippen LogP contribution in [-0.4, -0.2) is 30.6 Å². The molecule has 1 aliphatic carbocycles. The van der Waals surface area contributed by atoms with E-state index < -0.39 is 0 Å². The van der Waals surface area contributed by atoms with Crippen LogP contribution in [0.1, 0.15) is 19.3 Å². The van der Waals surface area contributed by atoms with Crippen molar-refractivity contribution < 1.29 is 14.2 Å². The highest BCUT2D eigenvalue weighted by Crippen LogP contribution is 2.35. The fraction of sp³-hybridized carbons (Fsp3) is 0.500. The molecule has 0 aromatic carbocycles. The SMILES string of the molecule is Ic1ncccc1OCC1=CCC2(CC1)OCCO2. The molecule has 1 aromatic rings. The Balaban J connectivity index is 1.57. The molecule has 3 rings (SSSR count). The summed E-state index contributed by atoms with van der Waals surface area (Å²) in [6.07, 6.45) is 6.68. The smallest absolute Gasteiger partial charge is 0.172 e. The molecular weight excluding hydrogens is 357 g/mol. The molecule has 1 saturated heterocycles. The van der Waals surface area contributed by atoms with Gasteiger partial charge in [-0.2, -0.15) is 0 Å². The first-order valence-corrected chi connectivity index (χ1v) is 7.54. The molecule has 2 aliphatic rings. The van der Waals surface area contributed by atoms with Crippen LogP contribution < -0.4 is 4.74 Å². The molecule has 0 unspecified atom stereocenters. The fourth-order valence-corrected chi connectivity index (χ4v) is 2.89. The van der Waals surface area contributed by atoms with Crippen LogP contribution in [0.3, 0.4) is 0 Å². The lowest BCUT2D eigenvalue weighted by atomic mass is 9.94. The molecule has 19 heavy (non-hydrogen) atoms. The minimum Gasteiger partial charge on any atom is -0.486 e. The Labute approximate surface area is 126 Å². The number of ether oxygens (including phenoxy) is 3. The van der Waals surface area contributed by atoms with Crippen molar-refractivity contribution in [1.82, 2.24) is 4.98 Å². The summed E-state index contributed by atoms with van der Waals surface area (Å²) in [5, 5.41) is 0. The number of halogens is 1. The average Bonchev–Trinajstić information content (AvgIpc) is 2.88. The second-order valence-electron chi connectivity index (χ2n) is 4.76. The number of rotatable bonds is 3. The summed E-state index contributed by atoms with van der Waals surface area (Å²) in [5.41, 5.74) is 1.31. The van der Waals surface area contributed by atoms with Gasteiger partial charge in [-0.15, -0.1) is 0 Å². The first kappa shape index (κ1) is 13.3. The molecule has 1 fully saturated rings. The Morgan fingerprint density at radius 1 is 1.37 bits per heavy atom. The van der Waals surface area contributed by atoms with E-state index in [9.17, 15) is 0 Å². The van der Waals surface area contributed by atoms with Gasteiger partial charge in [-0.3, -0.25) is 0 Å². The normalized spacial score (nSPS) is 21.4. The van der Waals surface area contributed by atoms with Gasteiger partial charge >= 0.3 is 0 Å². The first-order chi connectivity index (χ1) is 9.27. The summed E-state index contributed by atoms with van der Waals surface area (Å²) in [6.45, 7) is 2.05. The Hall–Kier alpha value is -0.660. The van der Waals surface area contributed by atoms with Crippen molar-refractivity contribution in [3.63, 3.8) is 0 Å². The van der Waals surface area contributed by atoms with E-state index in [2.05, 4.69) is 33.7 Å². The fourth-order valence-electron chi connectivity index (χ4n) is 2.39. The van der Waals surface area contributed by atoms with E-state index >= 15 is 0 Å². The van der Waals surface area contributed by atoms with E-state index in [4.69, 9.17) is 14.2 Å². The second-order valence-corrected chi connectivity index (χ2v) is 5.78. The molecule has 1 spiro atoms. The van der Waals surface area contributed by atoms with Crippen LogP contribution in [0.15, 0.2) is 30.0 Å². The molecular formula is C14H16INO3. The average molecular weight is 373 g/mol. The highest BCUT2D eigenvalue weighted by atomic mass is 127. The number of hydrogen-bond donors (Lipinski definition) is 0. The van der Waals surface area contributed by atoms with Gasteiger partial charge < -0.3 is 14.2 Å². The lowest BCUT2D eigenvalue weighted by Gasteiger charge is -2.30. The highest BCUT2D eigenvalue weighted by Gasteiger charge is 2.37. The molecule has 102 valence electrons. The zero-order valence-corrected chi connectivity index (χ0v) is 12.8. The summed E-state index contributed by atoms with van der Waals surface area (Å²) in [5.74, 6) is 0.504. The maximum Gasteiger partial charge on any atom is 0.172 e. The Kier molecular flexibility index (Phi) is 4.04. The Bertz CT molecular complexity index is 483. The number of nitrogens with zero attached hydrogens (tertiary/aromatic N) is 1. The molecule has 1 aromatic heterocycles. The van der Waals surface area contributed by atoms with Gasteiger partial charge in [-0.1, -0.05) is 6.08 Å². The van der Waals surface area contributed by atoms with Crippen molar-refractivity contribution in [2.24, 2.45) is 0 Å². The van der Waals surface area contributed by atoms with Gasteiger partial charge in [0.15, 0.2) is 11.5 Å². The molecule has 0 bridgehead atoms. The molecule has 0 N–H and O–H groups in total. The van der Waals surface area contributed by atoms with Gasteiger partial charge in [0.2, 0.25) is 0 Å². The monoisotopic (exact) mass is 373 g/mol. The lowest BCUT2D eigenvalue weighted by Crippen LogP contribution is -2.32.